The zero-order valence-electron chi connectivity index (χ0n) is 11.5. The molecule has 1 rings (SSSR count). The Kier molecular flexibility index (Phi) is 4.77. The summed E-state index contributed by atoms with van der Waals surface area (Å²) in [5, 5.41) is 0. The van der Waals surface area contributed by atoms with Gasteiger partial charge in [-0.1, -0.05) is 0 Å². The molecular weight excluding hydrogens is 291 g/mol. The number of alkyl halides is 3. The van der Waals surface area contributed by atoms with Gasteiger partial charge in [-0.2, -0.15) is 13.2 Å². The van der Waals surface area contributed by atoms with Crippen molar-refractivity contribution in [2.45, 2.75) is 32.5 Å². The number of carbonyl (C=O) groups excluding carboxylic acids is 2. The van der Waals surface area contributed by atoms with Crippen molar-refractivity contribution in [2.24, 2.45) is 0 Å². The van der Waals surface area contributed by atoms with Gasteiger partial charge in [-0.15, -0.1) is 0 Å². The summed E-state index contributed by atoms with van der Waals surface area (Å²) < 4.78 is 42.2. The molecule has 9 heteroatoms. The molecule has 2 N–H and O–H groups in total. The Labute approximate surface area is 118 Å². The van der Waals surface area contributed by atoms with E-state index in [4.69, 9.17) is 4.74 Å². The molecule has 6 nitrogen and oxygen atoms in total. The lowest BCUT2D eigenvalue weighted by molar-refractivity contribution is -0.141. The van der Waals surface area contributed by atoms with Crippen molar-refractivity contribution in [3.8, 4) is 0 Å². The van der Waals surface area contributed by atoms with Crippen LogP contribution in [0.25, 0.3) is 0 Å². The minimum atomic E-state index is -4.66. The first-order chi connectivity index (χ1) is 9.49. The number of aromatic nitrogens is 1. The summed E-state index contributed by atoms with van der Waals surface area (Å²) in [6.45, 7) is 4.85. The second-order valence-corrected chi connectivity index (χ2v) is 5.01. The molecule has 0 saturated carbocycles. The summed E-state index contributed by atoms with van der Waals surface area (Å²) in [4.78, 5) is 26.0. The molecule has 0 bridgehead atoms. The Bertz CT molecular complexity index is 539. The molecule has 1 aromatic heterocycles. The van der Waals surface area contributed by atoms with Crippen molar-refractivity contribution in [1.29, 1.82) is 0 Å². The van der Waals surface area contributed by atoms with Gasteiger partial charge in [0.25, 0.3) is 5.91 Å². The van der Waals surface area contributed by atoms with E-state index < -0.39 is 29.5 Å². The van der Waals surface area contributed by atoms with Crippen LogP contribution < -0.4 is 10.9 Å². The van der Waals surface area contributed by atoms with E-state index in [1.54, 1.807) is 20.8 Å². The molecule has 1 heterocycles. The predicted molar refractivity (Wildman–Crippen MR) is 66.1 cm³/mol. The number of pyridine rings is 1. The van der Waals surface area contributed by atoms with E-state index >= 15 is 0 Å². The Morgan fingerprint density at radius 1 is 1.19 bits per heavy atom. The monoisotopic (exact) mass is 305 g/mol. The van der Waals surface area contributed by atoms with Crippen LogP contribution in [-0.4, -0.2) is 22.6 Å². The summed E-state index contributed by atoms with van der Waals surface area (Å²) in [6.07, 6.45) is -4.74. The standard InChI is InChI=1S/C12H14F3N3O3/c1-11(2,3)21-10(20)18-17-9(19)7-4-5-16-8(6-7)12(13,14)15/h4-6H,1-3H3,(H,17,19)(H,18,20). The number of nitrogens with zero attached hydrogens (tertiary/aromatic N) is 1. The third-order valence-corrected chi connectivity index (χ3v) is 1.99. The van der Waals surface area contributed by atoms with E-state index in [0.29, 0.717) is 6.07 Å². The molecule has 0 aliphatic carbocycles. The van der Waals surface area contributed by atoms with E-state index in [0.717, 1.165) is 12.3 Å². The molecule has 0 aliphatic rings. The van der Waals surface area contributed by atoms with Gasteiger partial charge >= 0.3 is 12.3 Å². The molecule has 0 atom stereocenters. The highest BCUT2D eigenvalue weighted by Crippen LogP contribution is 2.27. The minimum absolute atomic E-state index is 0.298. The summed E-state index contributed by atoms with van der Waals surface area (Å²) >= 11 is 0. The number of carbonyl (C=O) groups is 2. The molecule has 21 heavy (non-hydrogen) atoms. The third kappa shape index (κ3) is 5.67. The zero-order valence-corrected chi connectivity index (χ0v) is 11.5. The predicted octanol–water partition coefficient (Wildman–Crippen LogP) is 2.27. The summed E-state index contributed by atoms with van der Waals surface area (Å²) in [7, 11) is 0. The van der Waals surface area contributed by atoms with Gasteiger partial charge in [-0.3, -0.25) is 15.2 Å². The van der Waals surface area contributed by atoms with Gasteiger partial charge in [0.2, 0.25) is 0 Å². The Balaban J connectivity index is 2.67. The lowest BCUT2D eigenvalue weighted by atomic mass is 10.2. The number of halogens is 3. The molecular formula is C12H14F3N3O3. The van der Waals surface area contributed by atoms with Crippen LogP contribution in [0.5, 0.6) is 0 Å². The van der Waals surface area contributed by atoms with Crippen molar-refractivity contribution < 1.29 is 27.5 Å². The van der Waals surface area contributed by atoms with E-state index in [-0.39, 0.29) is 5.56 Å². The first-order valence-corrected chi connectivity index (χ1v) is 5.81. The fourth-order valence-electron chi connectivity index (χ4n) is 1.21. The van der Waals surface area contributed by atoms with Crippen molar-refractivity contribution in [3.05, 3.63) is 29.6 Å². The minimum Gasteiger partial charge on any atom is -0.443 e. The van der Waals surface area contributed by atoms with E-state index in [2.05, 4.69) is 4.98 Å². The van der Waals surface area contributed by atoms with Crippen LogP contribution >= 0.6 is 0 Å². The van der Waals surface area contributed by atoms with E-state index in [1.165, 1.54) is 0 Å². The summed E-state index contributed by atoms with van der Waals surface area (Å²) in [6, 6.07) is 1.66. The van der Waals surface area contributed by atoms with Gasteiger partial charge in [-0.05, 0) is 32.9 Å². The van der Waals surface area contributed by atoms with Crippen LogP contribution in [0.4, 0.5) is 18.0 Å². The Hall–Kier alpha value is -2.32. The highest BCUT2D eigenvalue weighted by Gasteiger charge is 2.33. The maximum Gasteiger partial charge on any atom is 0.433 e. The molecule has 0 aromatic carbocycles. The SMILES string of the molecule is CC(C)(C)OC(=O)NNC(=O)c1ccnc(C(F)(F)F)c1. The molecule has 0 saturated heterocycles. The van der Waals surface area contributed by atoms with Crippen LogP contribution in [0, 0.1) is 0 Å². The third-order valence-electron chi connectivity index (χ3n) is 1.99. The smallest absolute Gasteiger partial charge is 0.433 e. The van der Waals surface area contributed by atoms with Gasteiger partial charge < -0.3 is 4.74 Å². The molecule has 0 unspecified atom stereocenters. The van der Waals surface area contributed by atoms with Gasteiger partial charge in [0.1, 0.15) is 11.3 Å². The number of ether oxygens (including phenoxy) is 1. The maximum absolute atomic E-state index is 12.4. The quantitative estimate of drug-likeness (QED) is 0.780. The second-order valence-electron chi connectivity index (χ2n) is 5.01. The highest BCUT2D eigenvalue weighted by atomic mass is 19.4. The molecule has 1 aromatic rings. The van der Waals surface area contributed by atoms with Crippen molar-refractivity contribution in [3.63, 3.8) is 0 Å². The lowest BCUT2D eigenvalue weighted by Gasteiger charge is -2.19. The van der Waals surface area contributed by atoms with Gasteiger partial charge in [0.05, 0.1) is 0 Å². The normalized spacial score (nSPS) is 11.7. The van der Waals surface area contributed by atoms with Crippen LogP contribution in [0.15, 0.2) is 18.3 Å². The first kappa shape index (κ1) is 16.7. The molecule has 2 amide bonds. The average molecular weight is 305 g/mol. The van der Waals surface area contributed by atoms with Crippen LogP contribution in [0.1, 0.15) is 36.8 Å². The lowest BCUT2D eigenvalue weighted by Crippen LogP contribution is -2.44. The molecule has 116 valence electrons. The van der Waals surface area contributed by atoms with E-state index in [9.17, 15) is 22.8 Å². The first-order valence-electron chi connectivity index (χ1n) is 5.81. The topological polar surface area (TPSA) is 80.3 Å². The maximum atomic E-state index is 12.4. The van der Waals surface area contributed by atoms with Crippen molar-refractivity contribution in [1.82, 2.24) is 15.8 Å². The summed E-state index contributed by atoms with van der Waals surface area (Å²) in [5.41, 5.74) is 1.61. The number of hydrazine groups is 1. The average Bonchev–Trinajstić information content (AvgIpc) is 2.33. The number of amides is 2. The largest absolute Gasteiger partial charge is 0.443 e. The Morgan fingerprint density at radius 3 is 2.33 bits per heavy atom. The fraction of sp³-hybridized carbons (Fsp3) is 0.417. The Morgan fingerprint density at radius 2 is 1.81 bits per heavy atom. The number of rotatable bonds is 1. The zero-order chi connectivity index (χ0) is 16.3. The molecule has 0 radical (unpaired) electrons. The van der Waals surface area contributed by atoms with Crippen LogP contribution in [0.3, 0.4) is 0 Å². The van der Waals surface area contributed by atoms with Crippen molar-refractivity contribution in [2.75, 3.05) is 0 Å². The van der Waals surface area contributed by atoms with Gasteiger partial charge in [0.15, 0.2) is 0 Å². The van der Waals surface area contributed by atoms with Gasteiger partial charge in [-0.25, -0.2) is 10.2 Å². The number of hydrogen-bond acceptors (Lipinski definition) is 4. The summed E-state index contributed by atoms with van der Waals surface area (Å²) in [5.74, 6) is -0.922. The highest BCUT2D eigenvalue weighted by molar-refractivity contribution is 5.94. The van der Waals surface area contributed by atoms with Crippen molar-refractivity contribution >= 4 is 12.0 Å². The van der Waals surface area contributed by atoms with E-state index in [1.807, 2.05) is 10.9 Å². The number of nitrogens with one attached hydrogen (secondary N) is 2. The van der Waals surface area contributed by atoms with Crippen LogP contribution in [0.2, 0.25) is 0 Å². The molecule has 0 fully saturated rings. The molecule has 0 aliphatic heterocycles. The number of hydrogen-bond donors (Lipinski definition) is 2. The van der Waals surface area contributed by atoms with Crippen LogP contribution in [-0.2, 0) is 10.9 Å². The fourth-order valence-corrected chi connectivity index (χ4v) is 1.21. The molecule has 0 spiro atoms. The second kappa shape index (κ2) is 5.98. The van der Waals surface area contributed by atoms with Gasteiger partial charge in [0, 0.05) is 11.8 Å².